The molecule has 3 N–H and O–H groups in total. The molecule has 0 spiro atoms. The highest BCUT2D eigenvalue weighted by Crippen LogP contribution is 2.35. The van der Waals surface area contributed by atoms with Gasteiger partial charge in [-0.15, -0.1) is 0 Å². The molecule has 1 atom stereocenters. The molecule has 1 aromatic rings. The lowest BCUT2D eigenvalue weighted by atomic mass is 9.93. The van der Waals surface area contributed by atoms with E-state index in [1.165, 1.54) is 18.2 Å². The molecule has 4 heteroatoms. The number of nitrogens with two attached hydrogens (primary N) is 1. The molecule has 0 saturated carbocycles. The standard InChI is InChI=1S/C10H10FNO2/c11-7-1-2-8-6(5-7)3-4-10(8,12)9(13)14/h1-2,5H,3-4,12H2,(H,13,14)/t10-/m1/s1. The molecule has 1 aliphatic carbocycles. The zero-order valence-corrected chi connectivity index (χ0v) is 7.46. The molecular formula is C10H10FNO2. The molecule has 0 aromatic heterocycles. The Morgan fingerprint density at radius 1 is 1.57 bits per heavy atom. The molecule has 1 aromatic carbocycles. The number of carboxylic acid groups (broad SMARTS) is 1. The van der Waals surface area contributed by atoms with Crippen molar-refractivity contribution < 1.29 is 14.3 Å². The van der Waals surface area contributed by atoms with Crippen LogP contribution in [-0.2, 0) is 16.8 Å². The van der Waals surface area contributed by atoms with Crippen molar-refractivity contribution in [3.63, 3.8) is 0 Å². The van der Waals surface area contributed by atoms with Gasteiger partial charge in [0.15, 0.2) is 0 Å². The second-order valence-corrected chi connectivity index (χ2v) is 3.58. The van der Waals surface area contributed by atoms with Crippen molar-refractivity contribution in [2.75, 3.05) is 0 Å². The first-order chi connectivity index (χ1) is 6.54. The third-order valence-electron chi connectivity index (χ3n) is 2.72. The van der Waals surface area contributed by atoms with E-state index in [9.17, 15) is 9.18 Å². The minimum Gasteiger partial charge on any atom is -0.480 e. The van der Waals surface area contributed by atoms with E-state index in [2.05, 4.69) is 0 Å². The molecule has 3 nitrogen and oxygen atoms in total. The average Bonchev–Trinajstić information content (AvgIpc) is 2.45. The van der Waals surface area contributed by atoms with Crippen LogP contribution in [0, 0.1) is 5.82 Å². The summed E-state index contributed by atoms with van der Waals surface area (Å²) in [5.74, 6) is -1.40. The second kappa shape index (κ2) is 2.78. The van der Waals surface area contributed by atoms with Crippen molar-refractivity contribution in [2.45, 2.75) is 18.4 Å². The number of aliphatic carboxylic acids is 1. The first kappa shape index (κ1) is 9.15. The van der Waals surface area contributed by atoms with E-state index in [0.29, 0.717) is 24.0 Å². The van der Waals surface area contributed by atoms with Crippen molar-refractivity contribution in [1.82, 2.24) is 0 Å². The highest BCUT2D eigenvalue weighted by atomic mass is 19.1. The minimum atomic E-state index is -1.33. The maximum absolute atomic E-state index is 12.8. The molecule has 74 valence electrons. The van der Waals surface area contributed by atoms with E-state index in [4.69, 9.17) is 10.8 Å². The Kier molecular flexibility index (Phi) is 1.82. The summed E-state index contributed by atoms with van der Waals surface area (Å²) >= 11 is 0. The van der Waals surface area contributed by atoms with Crippen molar-refractivity contribution in [3.8, 4) is 0 Å². The summed E-state index contributed by atoms with van der Waals surface area (Å²) in [6.07, 6.45) is 0.858. The van der Waals surface area contributed by atoms with E-state index in [1.54, 1.807) is 0 Å². The number of carbonyl (C=O) groups is 1. The Labute approximate surface area is 80.3 Å². The van der Waals surface area contributed by atoms with Crippen LogP contribution in [0.25, 0.3) is 0 Å². The number of rotatable bonds is 1. The summed E-state index contributed by atoms with van der Waals surface area (Å²) in [5, 5.41) is 8.97. The lowest BCUT2D eigenvalue weighted by Gasteiger charge is -2.19. The maximum atomic E-state index is 12.8. The fourth-order valence-corrected chi connectivity index (χ4v) is 1.89. The van der Waals surface area contributed by atoms with Gasteiger partial charge in [-0.2, -0.15) is 0 Å². The molecule has 0 amide bonds. The predicted octanol–water partition coefficient (Wildman–Crippen LogP) is 1.01. The second-order valence-electron chi connectivity index (χ2n) is 3.58. The fraction of sp³-hybridized carbons (Fsp3) is 0.300. The van der Waals surface area contributed by atoms with Gasteiger partial charge in [-0.1, -0.05) is 6.07 Å². The maximum Gasteiger partial charge on any atom is 0.328 e. The molecule has 14 heavy (non-hydrogen) atoms. The molecule has 0 radical (unpaired) electrons. The van der Waals surface area contributed by atoms with Crippen molar-refractivity contribution in [3.05, 3.63) is 35.1 Å². The first-order valence-corrected chi connectivity index (χ1v) is 4.35. The van der Waals surface area contributed by atoms with Crippen LogP contribution in [0.1, 0.15) is 17.5 Å². The quantitative estimate of drug-likeness (QED) is 0.703. The predicted molar refractivity (Wildman–Crippen MR) is 48.2 cm³/mol. The van der Waals surface area contributed by atoms with Crippen molar-refractivity contribution in [2.24, 2.45) is 5.73 Å². The number of halogens is 1. The third kappa shape index (κ3) is 1.11. The Bertz CT molecular complexity index is 405. The Morgan fingerprint density at radius 3 is 2.93 bits per heavy atom. The lowest BCUT2D eigenvalue weighted by Crippen LogP contribution is -2.42. The summed E-state index contributed by atoms with van der Waals surface area (Å²) < 4.78 is 12.8. The first-order valence-electron chi connectivity index (χ1n) is 4.35. The Morgan fingerprint density at radius 2 is 2.29 bits per heavy atom. The van der Waals surface area contributed by atoms with Gasteiger partial charge in [-0.05, 0) is 36.1 Å². The molecular weight excluding hydrogens is 185 g/mol. The summed E-state index contributed by atoms with van der Waals surface area (Å²) in [7, 11) is 0. The topological polar surface area (TPSA) is 63.3 Å². The molecule has 0 heterocycles. The number of hydrogen-bond acceptors (Lipinski definition) is 2. The van der Waals surface area contributed by atoms with Crippen molar-refractivity contribution in [1.29, 1.82) is 0 Å². The summed E-state index contributed by atoms with van der Waals surface area (Å²) in [4.78, 5) is 11.0. The van der Waals surface area contributed by atoms with Gasteiger partial charge < -0.3 is 10.8 Å². The summed E-state index contributed by atoms with van der Waals surface area (Å²) in [6, 6.07) is 4.06. The number of benzene rings is 1. The van der Waals surface area contributed by atoms with E-state index in [1.807, 2.05) is 0 Å². The number of aryl methyl sites for hydroxylation is 1. The Balaban J connectivity index is 2.55. The van der Waals surface area contributed by atoms with E-state index < -0.39 is 11.5 Å². The SMILES string of the molecule is N[C@]1(C(=O)O)CCc2cc(F)ccc21. The number of hydrogen-bond donors (Lipinski definition) is 2. The van der Waals surface area contributed by atoms with Gasteiger partial charge >= 0.3 is 5.97 Å². The molecule has 0 aliphatic heterocycles. The van der Waals surface area contributed by atoms with E-state index >= 15 is 0 Å². The van der Waals surface area contributed by atoms with Gasteiger partial charge in [0.05, 0.1) is 0 Å². The van der Waals surface area contributed by atoms with Crippen LogP contribution in [0.15, 0.2) is 18.2 Å². The number of fused-ring (bicyclic) bond motifs is 1. The van der Waals surface area contributed by atoms with Crippen LogP contribution < -0.4 is 5.73 Å². The summed E-state index contributed by atoms with van der Waals surface area (Å²) in [6.45, 7) is 0. The molecule has 2 rings (SSSR count). The summed E-state index contributed by atoms with van der Waals surface area (Å²) in [5.41, 5.74) is 5.65. The molecule has 0 fully saturated rings. The van der Waals surface area contributed by atoms with Crippen LogP contribution in [0.4, 0.5) is 4.39 Å². The molecule has 0 saturated heterocycles. The van der Waals surface area contributed by atoms with Crippen LogP contribution in [0.3, 0.4) is 0 Å². The lowest BCUT2D eigenvalue weighted by molar-refractivity contribution is -0.143. The normalized spacial score (nSPS) is 24.7. The molecule has 0 unspecified atom stereocenters. The minimum absolute atomic E-state index is 0.334. The molecule has 1 aliphatic rings. The zero-order chi connectivity index (χ0) is 10.3. The van der Waals surface area contributed by atoms with Gasteiger partial charge in [-0.25, -0.2) is 9.18 Å². The zero-order valence-electron chi connectivity index (χ0n) is 7.46. The van der Waals surface area contributed by atoms with Gasteiger partial charge in [0.25, 0.3) is 0 Å². The Hall–Kier alpha value is -1.42. The van der Waals surface area contributed by atoms with Crippen molar-refractivity contribution >= 4 is 5.97 Å². The molecule has 0 bridgehead atoms. The monoisotopic (exact) mass is 195 g/mol. The van der Waals surface area contributed by atoms with Gasteiger partial charge in [0, 0.05) is 0 Å². The third-order valence-corrected chi connectivity index (χ3v) is 2.72. The number of carboxylic acids is 1. The fourth-order valence-electron chi connectivity index (χ4n) is 1.89. The van der Waals surface area contributed by atoms with Crippen LogP contribution in [0.5, 0.6) is 0 Å². The van der Waals surface area contributed by atoms with Crippen LogP contribution >= 0.6 is 0 Å². The van der Waals surface area contributed by atoms with Gasteiger partial charge in [0.2, 0.25) is 0 Å². The van der Waals surface area contributed by atoms with E-state index in [0.717, 1.165) is 0 Å². The van der Waals surface area contributed by atoms with Gasteiger partial charge in [-0.3, -0.25) is 0 Å². The van der Waals surface area contributed by atoms with Crippen LogP contribution in [-0.4, -0.2) is 11.1 Å². The van der Waals surface area contributed by atoms with Gasteiger partial charge in [0.1, 0.15) is 11.4 Å². The van der Waals surface area contributed by atoms with E-state index in [-0.39, 0.29) is 5.82 Å². The average molecular weight is 195 g/mol. The smallest absolute Gasteiger partial charge is 0.328 e. The van der Waals surface area contributed by atoms with Crippen LogP contribution in [0.2, 0.25) is 0 Å². The highest BCUT2D eigenvalue weighted by molar-refractivity contribution is 5.82. The largest absolute Gasteiger partial charge is 0.480 e. The highest BCUT2D eigenvalue weighted by Gasteiger charge is 2.41.